The molecule has 0 aromatic rings. The van der Waals surface area contributed by atoms with Gasteiger partial charge in [0.1, 0.15) is 0 Å². The summed E-state index contributed by atoms with van der Waals surface area (Å²) < 4.78 is 0. The van der Waals surface area contributed by atoms with Crippen LogP contribution in [0.15, 0.2) is 11.6 Å². The number of aliphatic hydroxyl groups is 1. The highest BCUT2D eigenvalue weighted by atomic mass is 16.3. The van der Waals surface area contributed by atoms with E-state index in [9.17, 15) is 5.11 Å². The summed E-state index contributed by atoms with van der Waals surface area (Å²) in [5, 5.41) is 10.4. The maximum atomic E-state index is 10.4. The molecule has 2 bridgehead atoms. The summed E-state index contributed by atoms with van der Waals surface area (Å²) >= 11 is 0. The van der Waals surface area contributed by atoms with Gasteiger partial charge in [-0.2, -0.15) is 0 Å². The van der Waals surface area contributed by atoms with Gasteiger partial charge in [-0.3, -0.25) is 0 Å². The van der Waals surface area contributed by atoms with Crippen LogP contribution >= 0.6 is 0 Å². The van der Waals surface area contributed by atoms with Crippen molar-refractivity contribution in [1.82, 2.24) is 0 Å². The largest absolute Gasteiger partial charge is 0.396 e. The second-order valence-electron chi connectivity index (χ2n) is 8.62. The molecule has 0 amide bonds. The van der Waals surface area contributed by atoms with E-state index in [2.05, 4.69) is 33.8 Å². The van der Waals surface area contributed by atoms with Gasteiger partial charge in [-0.15, -0.1) is 0 Å². The Hall–Kier alpha value is -0.300. The van der Waals surface area contributed by atoms with E-state index >= 15 is 0 Å². The van der Waals surface area contributed by atoms with Crippen LogP contribution in [0.3, 0.4) is 0 Å². The quantitative estimate of drug-likeness (QED) is 0.718. The lowest BCUT2D eigenvalue weighted by molar-refractivity contribution is -0.0665. The van der Waals surface area contributed by atoms with Crippen LogP contribution in [-0.4, -0.2) is 11.7 Å². The van der Waals surface area contributed by atoms with Crippen LogP contribution < -0.4 is 0 Å². The van der Waals surface area contributed by atoms with Crippen LogP contribution in [0.4, 0.5) is 0 Å². The maximum absolute atomic E-state index is 10.4. The van der Waals surface area contributed by atoms with Gasteiger partial charge in [-0.25, -0.2) is 0 Å². The minimum absolute atomic E-state index is 0.140. The average Bonchev–Trinajstić information content (AvgIpc) is 2.90. The van der Waals surface area contributed by atoms with Gasteiger partial charge >= 0.3 is 0 Å². The van der Waals surface area contributed by atoms with E-state index in [4.69, 9.17) is 0 Å². The van der Waals surface area contributed by atoms with Gasteiger partial charge < -0.3 is 5.11 Å². The van der Waals surface area contributed by atoms with Gasteiger partial charge in [0.2, 0.25) is 0 Å². The van der Waals surface area contributed by atoms with E-state index < -0.39 is 0 Å². The predicted octanol–water partition coefficient (Wildman–Crippen LogP) is 4.80. The van der Waals surface area contributed by atoms with Crippen LogP contribution in [0.2, 0.25) is 0 Å². The second-order valence-corrected chi connectivity index (χ2v) is 8.62. The Morgan fingerprint density at radius 3 is 2.65 bits per heavy atom. The van der Waals surface area contributed by atoms with Crippen LogP contribution in [-0.2, 0) is 0 Å². The van der Waals surface area contributed by atoms with Crippen molar-refractivity contribution in [2.24, 2.45) is 34.5 Å². The smallest absolute Gasteiger partial charge is 0.0495 e. The molecule has 2 fully saturated rings. The molecule has 114 valence electrons. The molecule has 1 heteroatoms. The molecule has 5 unspecified atom stereocenters. The van der Waals surface area contributed by atoms with E-state index in [0.29, 0.717) is 17.9 Å². The standard InChI is InChI=1S/C19H32O/c1-13-6-5-9-19(12-20,14(2)10-13)17-15-7-8-16(11-15)18(17,3)4/h10,14-17,20H,5-9,11-12H2,1-4H3. The van der Waals surface area contributed by atoms with Gasteiger partial charge in [0.05, 0.1) is 0 Å². The minimum Gasteiger partial charge on any atom is -0.396 e. The molecular formula is C19H32O. The normalized spacial score (nSPS) is 47.1. The number of hydrogen-bond acceptors (Lipinski definition) is 1. The van der Waals surface area contributed by atoms with Gasteiger partial charge in [0.25, 0.3) is 0 Å². The summed E-state index contributed by atoms with van der Waals surface area (Å²) in [4.78, 5) is 0. The molecule has 2 saturated carbocycles. The first-order chi connectivity index (χ1) is 9.41. The summed E-state index contributed by atoms with van der Waals surface area (Å²) in [5.41, 5.74) is 2.10. The van der Waals surface area contributed by atoms with Gasteiger partial charge in [-0.1, -0.05) is 32.4 Å². The first kappa shape index (κ1) is 14.6. The van der Waals surface area contributed by atoms with Gasteiger partial charge in [-0.05, 0) is 74.5 Å². The van der Waals surface area contributed by atoms with Crippen molar-refractivity contribution in [3.8, 4) is 0 Å². The molecule has 0 saturated heterocycles. The first-order valence-electron chi connectivity index (χ1n) is 8.70. The lowest BCUT2D eigenvalue weighted by Crippen LogP contribution is -2.48. The molecule has 0 radical (unpaired) electrons. The number of hydrogen-bond donors (Lipinski definition) is 1. The van der Waals surface area contributed by atoms with E-state index in [1.165, 1.54) is 44.1 Å². The van der Waals surface area contributed by atoms with Crippen LogP contribution in [0.1, 0.15) is 66.2 Å². The van der Waals surface area contributed by atoms with E-state index in [0.717, 1.165) is 17.8 Å². The number of fused-ring (bicyclic) bond motifs is 2. The third-order valence-corrected chi connectivity index (χ3v) is 7.37. The highest BCUT2D eigenvalue weighted by Crippen LogP contribution is 2.67. The Balaban J connectivity index is 2.00. The van der Waals surface area contributed by atoms with Crippen molar-refractivity contribution in [2.75, 3.05) is 6.61 Å². The lowest BCUT2D eigenvalue weighted by Gasteiger charge is -2.52. The minimum atomic E-state index is 0.140. The van der Waals surface area contributed by atoms with Crippen LogP contribution in [0.25, 0.3) is 0 Å². The fourth-order valence-electron chi connectivity index (χ4n) is 6.43. The fourth-order valence-corrected chi connectivity index (χ4v) is 6.43. The second kappa shape index (κ2) is 4.87. The van der Waals surface area contributed by atoms with E-state index in [-0.39, 0.29) is 5.41 Å². The zero-order chi connectivity index (χ0) is 14.5. The lowest BCUT2D eigenvalue weighted by atomic mass is 9.53. The highest BCUT2D eigenvalue weighted by Gasteiger charge is 2.60. The zero-order valence-electron chi connectivity index (χ0n) is 13.8. The van der Waals surface area contributed by atoms with Crippen molar-refractivity contribution < 1.29 is 5.11 Å². The van der Waals surface area contributed by atoms with Crippen LogP contribution in [0, 0.1) is 34.5 Å². The van der Waals surface area contributed by atoms with E-state index in [1.54, 1.807) is 0 Å². The SMILES string of the molecule is CC1=CC(C)C(CO)(C2C3CCC(C3)C2(C)C)CCC1. The molecule has 3 aliphatic carbocycles. The Labute approximate surface area is 124 Å². The number of aliphatic hydroxyl groups excluding tert-OH is 1. The van der Waals surface area contributed by atoms with Crippen molar-refractivity contribution in [1.29, 1.82) is 0 Å². The summed E-state index contributed by atoms with van der Waals surface area (Å²) in [5.74, 6) is 3.02. The molecule has 20 heavy (non-hydrogen) atoms. The molecule has 3 rings (SSSR count). The maximum Gasteiger partial charge on any atom is 0.0495 e. The average molecular weight is 276 g/mol. The topological polar surface area (TPSA) is 20.2 Å². The summed E-state index contributed by atoms with van der Waals surface area (Å²) in [6.07, 6.45) is 10.5. The van der Waals surface area contributed by atoms with Gasteiger partial charge in [0.15, 0.2) is 0 Å². The van der Waals surface area contributed by atoms with E-state index in [1.807, 2.05) is 0 Å². The van der Waals surface area contributed by atoms with Crippen molar-refractivity contribution in [2.45, 2.75) is 66.2 Å². The van der Waals surface area contributed by atoms with Crippen molar-refractivity contribution in [3.05, 3.63) is 11.6 Å². The Morgan fingerprint density at radius 2 is 2.05 bits per heavy atom. The monoisotopic (exact) mass is 276 g/mol. The molecule has 0 heterocycles. The molecule has 0 spiro atoms. The Bertz CT molecular complexity index is 408. The Morgan fingerprint density at radius 1 is 1.30 bits per heavy atom. The third kappa shape index (κ3) is 1.92. The molecular weight excluding hydrogens is 244 g/mol. The molecule has 5 atom stereocenters. The van der Waals surface area contributed by atoms with Gasteiger partial charge in [0, 0.05) is 12.0 Å². The first-order valence-corrected chi connectivity index (χ1v) is 8.70. The van der Waals surface area contributed by atoms with Crippen LogP contribution in [0.5, 0.6) is 0 Å². The summed E-state index contributed by atoms with van der Waals surface area (Å²) in [6, 6.07) is 0. The molecule has 0 aromatic carbocycles. The van der Waals surface area contributed by atoms with Crippen molar-refractivity contribution >= 4 is 0 Å². The predicted molar refractivity (Wildman–Crippen MR) is 84.4 cm³/mol. The highest BCUT2D eigenvalue weighted by molar-refractivity contribution is 5.15. The molecule has 3 aliphatic rings. The summed E-state index contributed by atoms with van der Waals surface area (Å²) in [7, 11) is 0. The Kier molecular flexibility index (Phi) is 3.56. The summed E-state index contributed by atoms with van der Waals surface area (Å²) in [6.45, 7) is 10.0. The number of rotatable bonds is 2. The van der Waals surface area contributed by atoms with Crippen molar-refractivity contribution in [3.63, 3.8) is 0 Å². The number of allylic oxidation sites excluding steroid dienone is 2. The molecule has 0 aliphatic heterocycles. The third-order valence-electron chi connectivity index (χ3n) is 7.37. The molecule has 0 aromatic heterocycles. The zero-order valence-corrected chi connectivity index (χ0v) is 13.8. The molecule has 1 nitrogen and oxygen atoms in total. The fraction of sp³-hybridized carbons (Fsp3) is 0.895. The molecule has 1 N–H and O–H groups in total.